The predicted octanol–water partition coefficient (Wildman–Crippen LogP) is 2.18. The van der Waals surface area contributed by atoms with Gasteiger partial charge < -0.3 is 10.1 Å². The number of hydrogen-bond donors (Lipinski definition) is 1. The van der Waals surface area contributed by atoms with Gasteiger partial charge in [-0.1, -0.05) is 6.92 Å². The van der Waals surface area contributed by atoms with E-state index in [1.807, 2.05) is 0 Å². The van der Waals surface area contributed by atoms with E-state index in [0.29, 0.717) is 12.5 Å². The van der Waals surface area contributed by atoms with E-state index in [2.05, 4.69) is 24.1 Å². The van der Waals surface area contributed by atoms with Gasteiger partial charge in [0, 0.05) is 19.2 Å². The highest BCUT2D eigenvalue weighted by Gasteiger charge is 2.21. The predicted molar refractivity (Wildman–Crippen MR) is 80.7 cm³/mol. The topological polar surface area (TPSA) is 41.6 Å². The highest BCUT2D eigenvalue weighted by molar-refractivity contribution is 5.76. The van der Waals surface area contributed by atoms with Crippen molar-refractivity contribution in [2.24, 2.45) is 5.92 Å². The molecule has 0 aliphatic carbocycles. The van der Waals surface area contributed by atoms with Crippen molar-refractivity contribution in [1.82, 2.24) is 10.2 Å². The number of rotatable bonds is 5. The summed E-state index contributed by atoms with van der Waals surface area (Å²) in [5, 5.41) is 3.08. The van der Waals surface area contributed by atoms with Crippen molar-refractivity contribution in [3.63, 3.8) is 0 Å². The summed E-state index contributed by atoms with van der Waals surface area (Å²) in [4.78, 5) is 14.4. The molecule has 116 valence electrons. The first-order chi connectivity index (χ1) is 9.65. The van der Waals surface area contributed by atoms with Gasteiger partial charge in [0.2, 0.25) is 5.91 Å². The van der Waals surface area contributed by atoms with Crippen molar-refractivity contribution in [2.75, 3.05) is 26.2 Å². The molecule has 2 rings (SSSR count). The molecular weight excluding hydrogens is 252 g/mol. The summed E-state index contributed by atoms with van der Waals surface area (Å²) in [7, 11) is 0. The molecule has 2 fully saturated rings. The Balaban J connectivity index is 1.62. The van der Waals surface area contributed by atoms with Crippen molar-refractivity contribution in [3.8, 4) is 0 Å². The summed E-state index contributed by atoms with van der Waals surface area (Å²) in [6.45, 7) is 8.47. The molecule has 0 saturated carbocycles. The minimum atomic E-state index is 0.147. The number of amides is 1. The van der Waals surface area contributed by atoms with Crippen LogP contribution in [0.5, 0.6) is 0 Å². The first-order valence-corrected chi connectivity index (χ1v) is 8.27. The molecule has 2 heterocycles. The molecule has 2 atom stereocenters. The van der Waals surface area contributed by atoms with Crippen molar-refractivity contribution in [2.45, 2.75) is 64.5 Å². The maximum absolute atomic E-state index is 11.9. The quantitative estimate of drug-likeness (QED) is 0.840. The molecule has 0 radical (unpaired) electrons. The van der Waals surface area contributed by atoms with E-state index < -0.39 is 0 Å². The number of hydrogen-bond acceptors (Lipinski definition) is 3. The van der Waals surface area contributed by atoms with Crippen LogP contribution in [0, 0.1) is 5.92 Å². The van der Waals surface area contributed by atoms with Gasteiger partial charge in [0.1, 0.15) is 0 Å². The number of carbonyl (C=O) groups is 1. The third-order valence-corrected chi connectivity index (χ3v) is 4.72. The second-order valence-electron chi connectivity index (χ2n) is 6.56. The normalized spacial score (nSPS) is 27.2. The van der Waals surface area contributed by atoms with Gasteiger partial charge in [0.15, 0.2) is 0 Å². The Kier molecular flexibility index (Phi) is 6.30. The fourth-order valence-corrected chi connectivity index (χ4v) is 3.11. The van der Waals surface area contributed by atoms with Crippen LogP contribution in [0.1, 0.15) is 52.4 Å². The van der Waals surface area contributed by atoms with Gasteiger partial charge >= 0.3 is 0 Å². The lowest BCUT2D eigenvalue weighted by atomic mass is 9.98. The molecule has 2 unspecified atom stereocenters. The number of nitrogens with zero attached hydrogens (tertiary/aromatic N) is 1. The minimum Gasteiger partial charge on any atom is -0.378 e. The molecule has 2 saturated heterocycles. The van der Waals surface area contributed by atoms with Crippen LogP contribution >= 0.6 is 0 Å². The second kappa shape index (κ2) is 7.99. The van der Waals surface area contributed by atoms with E-state index in [1.54, 1.807) is 0 Å². The molecule has 0 bridgehead atoms. The van der Waals surface area contributed by atoms with Crippen molar-refractivity contribution < 1.29 is 9.53 Å². The minimum absolute atomic E-state index is 0.147. The Morgan fingerprint density at radius 2 is 2.05 bits per heavy atom. The van der Waals surface area contributed by atoms with Crippen LogP contribution in [0.3, 0.4) is 0 Å². The van der Waals surface area contributed by atoms with Gasteiger partial charge in [0.05, 0.1) is 12.5 Å². The lowest BCUT2D eigenvalue weighted by Crippen LogP contribution is -2.46. The molecule has 1 amide bonds. The Bertz CT molecular complexity index is 295. The van der Waals surface area contributed by atoms with Gasteiger partial charge in [-0.15, -0.1) is 0 Å². The Labute approximate surface area is 123 Å². The average molecular weight is 282 g/mol. The summed E-state index contributed by atoms with van der Waals surface area (Å²) in [5.74, 6) is 1.01. The number of carbonyl (C=O) groups excluding carboxylic acids is 1. The monoisotopic (exact) mass is 282 g/mol. The van der Waals surface area contributed by atoms with E-state index in [1.165, 1.54) is 32.4 Å². The SMILES string of the molecule is CC1CCN(C(C)CNC(=O)CC2CCCCO2)CC1. The van der Waals surface area contributed by atoms with Crippen LogP contribution in [0.25, 0.3) is 0 Å². The van der Waals surface area contributed by atoms with Crippen molar-refractivity contribution in [3.05, 3.63) is 0 Å². The zero-order chi connectivity index (χ0) is 14.4. The molecule has 0 spiro atoms. The van der Waals surface area contributed by atoms with Gasteiger partial charge in [-0.3, -0.25) is 9.69 Å². The lowest BCUT2D eigenvalue weighted by Gasteiger charge is -2.35. The zero-order valence-corrected chi connectivity index (χ0v) is 13.1. The number of ether oxygens (including phenoxy) is 1. The number of likely N-dealkylation sites (tertiary alicyclic amines) is 1. The highest BCUT2D eigenvalue weighted by atomic mass is 16.5. The molecular formula is C16H30N2O2. The second-order valence-corrected chi connectivity index (χ2v) is 6.56. The maximum atomic E-state index is 11.9. The standard InChI is InChI=1S/C16H30N2O2/c1-13-6-8-18(9-7-13)14(2)12-17-16(19)11-15-5-3-4-10-20-15/h13-15H,3-12H2,1-2H3,(H,17,19). The van der Waals surface area contributed by atoms with E-state index in [4.69, 9.17) is 4.74 Å². The van der Waals surface area contributed by atoms with Crippen LogP contribution in [0.4, 0.5) is 0 Å². The molecule has 0 aromatic heterocycles. The Morgan fingerprint density at radius 3 is 2.70 bits per heavy atom. The van der Waals surface area contributed by atoms with Crippen LogP contribution in [0.15, 0.2) is 0 Å². The molecule has 0 aromatic carbocycles. The number of piperidine rings is 1. The van der Waals surface area contributed by atoms with Crippen molar-refractivity contribution >= 4 is 5.91 Å². The molecule has 0 aromatic rings. The zero-order valence-electron chi connectivity index (χ0n) is 13.1. The van der Waals surface area contributed by atoms with Gasteiger partial charge in [-0.05, 0) is 58.0 Å². The molecule has 2 aliphatic rings. The van der Waals surface area contributed by atoms with Crippen LogP contribution in [-0.4, -0.2) is 49.2 Å². The van der Waals surface area contributed by atoms with Gasteiger partial charge in [0.25, 0.3) is 0 Å². The summed E-state index contributed by atoms with van der Waals surface area (Å²) < 4.78 is 5.61. The Hall–Kier alpha value is -0.610. The molecule has 20 heavy (non-hydrogen) atoms. The fourth-order valence-electron chi connectivity index (χ4n) is 3.11. The third-order valence-electron chi connectivity index (χ3n) is 4.72. The highest BCUT2D eigenvalue weighted by Crippen LogP contribution is 2.18. The van der Waals surface area contributed by atoms with E-state index in [0.717, 1.165) is 31.9 Å². The van der Waals surface area contributed by atoms with Crippen LogP contribution in [0.2, 0.25) is 0 Å². The molecule has 4 nitrogen and oxygen atoms in total. The van der Waals surface area contributed by atoms with Crippen LogP contribution in [-0.2, 0) is 9.53 Å². The smallest absolute Gasteiger partial charge is 0.222 e. The summed E-state index contributed by atoms with van der Waals surface area (Å²) in [6, 6.07) is 0.443. The van der Waals surface area contributed by atoms with Gasteiger partial charge in [-0.2, -0.15) is 0 Å². The van der Waals surface area contributed by atoms with Crippen molar-refractivity contribution in [1.29, 1.82) is 0 Å². The van der Waals surface area contributed by atoms with E-state index >= 15 is 0 Å². The first kappa shape index (κ1) is 15.8. The molecule has 4 heteroatoms. The maximum Gasteiger partial charge on any atom is 0.222 e. The molecule has 2 aliphatic heterocycles. The number of nitrogens with one attached hydrogen (secondary N) is 1. The van der Waals surface area contributed by atoms with E-state index in [-0.39, 0.29) is 12.0 Å². The average Bonchev–Trinajstić information content (AvgIpc) is 2.46. The van der Waals surface area contributed by atoms with Crippen LogP contribution < -0.4 is 5.32 Å². The first-order valence-electron chi connectivity index (χ1n) is 8.27. The summed E-state index contributed by atoms with van der Waals surface area (Å²) in [5.41, 5.74) is 0. The van der Waals surface area contributed by atoms with E-state index in [9.17, 15) is 4.79 Å². The molecule has 1 N–H and O–H groups in total. The fraction of sp³-hybridized carbons (Fsp3) is 0.938. The Morgan fingerprint density at radius 1 is 1.30 bits per heavy atom. The summed E-state index contributed by atoms with van der Waals surface area (Å²) in [6.07, 6.45) is 6.62. The lowest BCUT2D eigenvalue weighted by molar-refractivity contribution is -0.125. The summed E-state index contributed by atoms with van der Waals surface area (Å²) >= 11 is 0. The third kappa shape index (κ3) is 5.06. The van der Waals surface area contributed by atoms with Gasteiger partial charge in [-0.25, -0.2) is 0 Å². The largest absolute Gasteiger partial charge is 0.378 e.